The zero-order valence-corrected chi connectivity index (χ0v) is 39.6. The van der Waals surface area contributed by atoms with E-state index in [1.807, 2.05) is 0 Å². The van der Waals surface area contributed by atoms with Crippen molar-refractivity contribution in [2.45, 2.75) is 6.42 Å². The number of nitrogens with one attached hydrogen (secondary N) is 1. The molecule has 0 aliphatic carbocycles. The maximum Gasteiger partial charge on any atom is 1.00 e. The molecule has 3 aromatic heterocycles. The van der Waals surface area contributed by atoms with Crippen molar-refractivity contribution in [3.8, 4) is 34.1 Å². The van der Waals surface area contributed by atoms with Gasteiger partial charge in [0.1, 0.15) is 33.3 Å². The van der Waals surface area contributed by atoms with Crippen molar-refractivity contribution in [1.29, 1.82) is 0 Å². The second kappa shape index (κ2) is 27.9. The Kier molecular flexibility index (Phi) is 26.6. The van der Waals surface area contributed by atoms with E-state index in [0.717, 1.165) is 28.3 Å². The quantitative estimate of drug-likeness (QED) is 0.0442. The molecule has 0 saturated heterocycles. The number of aromatic nitrogens is 3. The van der Waals surface area contributed by atoms with E-state index < -0.39 is 0 Å². The molecule has 0 atom stereocenters. The van der Waals surface area contributed by atoms with Gasteiger partial charge in [0.05, 0.1) is 53.0 Å². The monoisotopic (exact) mass is 850 g/mol. The fourth-order valence-electron chi connectivity index (χ4n) is 4.47. The number of anilines is 1. The summed E-state index contributed by atoms with van der Waals surface area (Å²) >= 11 is 11.5. The Morgan fingerprint density at radius 3 is 1.76 bits per heavy atom. The number of hydrogen-bond donors (Lipinski definition) is 1. The van der Waals surface area contributed by atoms with Gasteiger partial charge in [0.2, 0.25) is 0 Å². The van der Waals surface area contributed by atoms with Crippen LogP contribution in [-0.4, -0.2) is 75.9 Å². The van der Waals surface area contributed by atoms with Crippen molar-refractivity contribution >= 4 is 58.5 Å². The van der Waals surface area contributed by atoms with E-state index in [9.17, 15) is 14.4 Å². The molecular formula is C36H38Cl2K2N4O11. The molecule has 55 heavy (non-hydrogen) atoms. The van der Waals surface area contributed by atoms with Gasteiger partial charge in [-0.25, -0.2) is 9.97 Å². The molecule has 0 fully saturated rings. The van der Waals surface area contributed by atoms with Gasteiger partial charge in [-0.2, -0.15) is 0 Å². The number of halogens is 2. The molecule has 0 amide bonds. The second-order valence-corrected chi connectivity index (χ2v) is 11.0. The van der Waals surface area contributed by atoms with E-state index in [4.69, 9.17) is 52.2 Å². The number of hydrogen-bond acceptors (Lipinski definition) is 14. The second-order valence-electron chi connectivity index (χ2n) is 10.2. The number of aldehydes is 1. The summed E-state index contributed by atoms with van der Waals surface area (Å²) in [6.07, 6.45) is 4.03. The van der Waals surface area contributed by atoms with Gasteiger partial charge >= 0.3 is 109 Å². The van der Waals surface area contributed by atoms with Crippen molar-refractivity contribution in [1.82, 2.24) is 14.5 Å². The maximum atomic E-state index is 12.7. The maximum absolute atomic E-state index is 12.7. The predicted octanol–water partition coefficient (Wildman–Crippen LogP) is -1.17. The fraction of sp³-hybridized carbons (Fsp3) is 0.222. The third-order valence-corrected chi connectivity index (χ3v) is 7.48. The first-order valence-corrected chi connectivity index (χ1v) is 15.9. The van der Waals surface area contributed by atoms with Crippen LogP contribution in [0.25, 0.3) is 22.0 Å². The van der Waals surface area contributed by atoms with Crippen LogP contribution < -0.4 is 138 Å². The Morgan fingerprint density at radius 1 is 0.818 bits per heavy atom. The zero-order chi connectivity index (χ0) is 39.5. The van der Waals surface area contributed by atoms with Crippen molar-refractivity contribution in [2.75, 3.05) is 47.9 Å². The number of methoxy groups -OCH3 is 5. The molecule has 0 saturated carbocycles. The summed E-state index contributed by atoms with van der Waals surface area (Å²) in [5.41, 5.74) is 3.87. The molecule has 0 aliphatic rings. The molecular weight excluding hydrogens is 814 g/mol. The average Bonchev–Trinajstić information content (AvgIpc) is 3.19. The van der Waals surface area contributed by atoms with Gasteiger partial charge in [-0.1, -0.05) is 23.2 Å². The molecule has 284 valence electrons. The van der Waals surface area contributed by atoms with Crippen LogP contribution in [0.15, 0.2) is 71.8 Å². The van der Waals surface area contributed by atoms with E-state index >= 15 is 0 Å². The van der Waals surface area contributed by atoms with E-state index in [1.54, 1.807) is 108 Å². The number of aryl methyl sites for hydroxylation is 1. The van der Waals surface area contributed by atoms with Crippen molar-refractivity contribution < 1.29 is 152 Å². The predicted molar refractivity (Wildman–Crippen MR) is 198 cm³/mol. The van der Waals surface area contributed by atoms with Gasteiger partial charge < -0.3 is 45.1 Å². The van der Waals surface area contributed by atoms with Gasteiger partial charge in [-0.3, -0.25) is 19.2 Å². The summed E-state index contributed by atoms with van der Waals surface area (Å²) < 4.78 is 26.8. The summed E-state index contributed by atoms with van der Waals surface area (Å²) in [7, 11) is 11.1. The molecule has 5 aromatic rings. The summed E-state index contributed by atoms with van der Waals surface area (Å²) in [4.78, 5) is 53.2. The van der Waals surface area contributed by atoms with Crippen molar-refractivity contribution in [3.05, 3.63) is 98.8 Å². The molecule has 0 unspecified atom stereocenters. The Hall–Kier alpha value is -2.63. The van der Waals surface area contributed by atoms with Crippen molar-refractivity contribution in [3.63, 3.8) is 0 Å². The van der Waals surface area contributed by atoms with E-state index in [1.165, 1.54) is 13.3 Å². The molecule has 3 heterocycles. The van der Waals surface area contributed by atoms with E-state index in [0.29, 0.717) is 50.1 Å². The SMILES string of the molecule is CNc1cc(Cl)ncc1C=O.COC(=O)Cc1cc(OC)cc(OC)c1.COc1cc(OC)cc(-c2cc3cnc(Cl)cc3n(C)c2=O)c1.O=CO[O-].[H-].[K+].[K+]. The number of rotatable bonds is 10. The Balaban J connectivity index is 0. The number of carbonyl (C=O) groups excluding carboxylic acids is 3. The number of benzene rings is 2. The zero-order valence-electron chi connectivity index (χ0n) is 32.8. The molecule has 15 nitrogen and oxygen atoms in total. The third-order valence-electron chi connectivity index (χ3n) is 7.06. The number of nitrogens with zero attached hydrogens (tertiary/aromatic N) is 3. The molecule has 19 heteroatoms. The van der Waals surface area contributed by atoms with Crippen LogP contribution in [0.2, 0.25) is 10.3 Å². The molecule has 0 bridgehead atoms. The first-order chi connectivity index (χ1) is 25.4. The summed E-state index contributed by atoms with van der Waals surface area (Å²) in [5.74, 6) is 2.28. The van der Waals surface area contributed by atoms with Crippen LogP contribution in [0.1, 0.15) is 17.3 Å². The van der Waals surface area contributed by atoms with Crippen molar-refractivity contribution in [2.24, 2.45) is 7.05 Å². The molecule has 2 aromatic carbocycles. The van der Waals surface area contributed by atoms with Crippen LogP contribution in [-0.2, 0) is 32.7 Å². The molecule has 0 spiro atoms. The Morgan fingerprint density at radius 2 is 1.31 bits per heavy atom. The molecule has 1 N–H and O–H groups in total. The first kappa shape index (κ1) is 52.4. The number of esters is 1. The number of fused-ring (bicyclic) bond motifs is 1. The summed E-state index contributed by atoms with van der Waals surface area (Å²) in [5, 5.41) is 12.8. The van der Waals surface area contributed by atoms with Gasteiger partial charge in [0, 0.05) is 55.3 Å². The number of carbonyl (C=O) groups is 3. The Bertz CT molecular complexity index is 2030. The van der Waals surface area contributed by atoms with E-state index in [2.05, 4.69) is 24.9 Å². The molecule has 0 aliphatic heterocycles. The number of pyridine rings is 3. The fourth-order valence-corrected chi connectivity index (χ4v) is 4.78. The van der Waals surface area contributed by atoms with Gasteiger partial charge in [-0.05, 0) is 53.6 Å². The third kappa shape index (κ3) is 16.8. The summed E-state index contributed by atoms with van der Waals surface area (Å²) in [6.45, 7) is -0.181. The first-order valence-electron chi connectivity index (χ1n) is 15.1. The average molecular weight is 852 g/mol. The van der Waals surface area contributed by atoms with Crippen LogP contribution in [0.3, 0.4) is 0 Å². The number of ether oxygens (including phenoxy) is 5. The topological polar surface area (TPSA) is 189 Å². The minimum atomic E-state index is -0.287. The van der Waals surface area contributed by atoms with Gasteiger partial charge in [-0.15, -0.1) is 0 Å². The minimum Gasteiger partial charge on any atom is -1.00 e. The van der Waals surface area contributed by atoms with E-state index in [-0.39, 0.29) is 129 Å². The van der Waals surface area contributed by atoms with Crippen LogP contribution in [0.5, 0.6) is 23.0 Å². The molecule has 0 radical (unpaired) electrons. The van der Waals surface area contributed by atoms with Crippen LogP contribution in [0.4, 0.5) is 5.69 Å². The van der Waals surface area contributed by atoms with Crippen LogP contribution in [0, 0.1) is 0 Å². The minimum absolute atomic E-state index is 0. The smallest absolute Gasteiger partial charge is 1.00 e. The standard InChI is InChI=1S/C17H15ClN2O3.C11H14O4.C7H7ClN2O.CH2O3.2K.H/c1-20-15-8-16(18)19-9-11(15)6-14(17(20)21)10-4-12(22-2)7-13(5-10)23-3;1-13-9-4-8(6-11(12)15-3)5-10(7-9)14-2;1-9-6-2-7(8)10-3-5(6)4-11;2-1-4-3;;;/h4-9H,1-3H3;4-5,7H,6H2,1-3H3;2-4H,1H3,(H,9,10);1,3H;;;/q;;;;2*+1;-1/p-1. The normalized spacial score (nSPS) is 9.35. The van der Waals surface area contributed by atoms with Gasteiger partial charge in [0.25, 0.3) is 12.0 Å². The molecule has 5 rings (SSSR count). The summed E-state index contributed by atoms with van der Waals surface area (Å²) in [6, 6.07) is 15.7. The van der Waals surface area contributed by atoms with Gasteiger partial charge in [0.15, 0.2) is 6.29 Å². The largest absolute Gasteiger partial charge is 1.00 e. The van der Waals surface area contributed by atoms with Crippen LogP contribution >= 0.6 is 23.2 Å². The Labute approximate surface area is 414 Å².